The fourth-order valence-electron chi connectivity index (χ4n) is 1.47. The van der Waals surface area contributed by atoms with Gasteiger partial charge in [0.1, 0.15) is 4.47 Å². The third-order valence-corrected chi connectivity index (χ3v) is 4.14. The van der Waals surface area contributed by atoms with Crippen LogP contribution in [-0.2, 0) is 6.54 Å². The quantitative estimate of drug-likeness (QED) is 0.827. The van der Waals surface area contributed by atoms with Gasteiger partial charge >= 0.3 is 0 Å². The van der Waals surface area contributed by atoms with Gasteiger partial charge < -0.3 is 0 Å². The van der Waals surface area contributed by atoms with Crippen molar-refractivity contribution in [3.8, 4) is 0 Å². The zero-order valence-electron chi connectivity index (χ0n) is 9.15. The zero-order valence-corrected chi connectivity index (χ0v) is 12.3. The van der Waals surface area contributed by atoms with Gasteiger partial charge in [0.2, 0.25) is 0 Å². The molecule has 0 saturated heterocycles. The Balaban J connectivity index is 2.41. The molecule has 1 aromatic carbocycles. The van der Waals surface area contributed by atoms with E-state index in [-0.39, 0.29) is 5.56 Å². The average Bonchev–Trinajstić information content (AvgIpc) is 2.32. The highest BCUT2D eigenvalue weighted by Crippen LogP contribution is 2.16. The molecule has 2 aromatic rings. The normalized spacial score (nSPS) is 10.5. The highest BCUT2D eigenvalue weighted by molar-refractivity contribution is 9.10. The molecule has 5 heteroatoms. The van der Waals surface area contributed by atoms with Crippen LogP contribution in [0.5, 0.6) is 0 Å². The molecule has 0 fully saturated rings. The largest absolute Gasteiger partial charge is 0.294 e. The van der Waals surface area contributed by atoms with Gasteiger partial charge in [-0.25, -0.2) is 4.98 Å². The maximum absolute atomic E-state index is 12.0. The van der Waals surface area contributed by atoms with Crippen molar-refractivity contribution in [2.24, 2.45) is 0 Å². The molecule has 0 unspecified atom stereocenters. The van der Waals surface area contributed by atoms with Crippen LogP contribution in [0.1, 0.15) is 11.3 Å². The Morgan fingerprint density at radius 1 is 1.29 bits per heavy atom. The average molecular weight is 358 g/mol. The van der Waals surface area contributed by atoms with Gasteiger partial charge in [0.05, 0.1) is 18.6 Å². The molecule has 3 nitrogen and oxygen atoms in total. The smallest absolute Gasteiger partial charge is 0.268 e. The summed E-state index contributed by atoms with van der Waals surface area (Å²) in [5, 5.41) is 0. The van der Waals surface area contributed by atoms with Crippen molar-refractivity contribution in [3.63, 3.8) is 0 Å². The van der Waals surface area contributed by atoms with Crippen molar-refractivity contribution in [3.05, 3.63) is 61.1 Å². The summed E-state index contributed by atoms with van der Waals surface area (Å²) in [5.41, 5.74) is 1.69. The fourth-order valence-corrected chi connectivity index (χ4v) is 2.21. The minimum Gasteiger partial charge on any atom is -0.294 e. The lowest BCUT2D eigenvalue weighted by Crippen LogP contribution is -2.22. The van der Waals surface area contributed by atoms with E-state index in [4.69, 9.17) is 0 Å². The molecule has 0 atom stereocenters. The number of benzene rings is 1. The van der Waals surface area contributed by atoms with Gasteiger partial charge in [0.15, 0.2) is 0 Å². The minimum absolute atomic E-state index is 0.0618. The molecule has 0 spiro atoms. The van der Waals surface area contributed by atoms with Crippen LogP contribution >= 0.6 is 31.9 Å². The molecular weight excluding hydrogens is 348 g/mol. The first-order valence-corrected chi connectivity index (χ1v) is 6.63. The summed E-state index contributed by atoms with van der Waals surface area (Å²) >= 11 is 6.72. The van der Waals surface area contributed by atoms with E-state index < -0.39 is 0 Å². The number of aromatic nitrogens is 2. The Kier molecular flexibility index (Phi) is 3.79. The molecule has 17 heavy (non-hydrogen) atoms. The molecule has 0 aliphatic carbocycles. The third-order valence-electron chi connectivity index (χ3n) is 2.46. The van der Waals surface area contributed by atoms with E-state index in [2.05, 4.69) is 36.8 Å². The number of hydrogen-bond acceptors (Lipinski definition) is 2. The van der Waals surface area contributed by atoms with Crippen LogP contribution in [0.2, 0.25) is 0 Å². The van der Waals surface area contributed by atoms with Crippen molar-refractivity contribution >= 4 is 31.9 Å². The predicted molar refractivity (Wildman–Crippen MR) is 74.2 cm³/mol. The summed E-state index contributed by atoms with van der Waals surface area (Å²) in [6.45, 7) is 2.31. The maximum atomic E-state index is 12.0. The third kappa shape index (κ3) is 2.66. The second-order valence-electron chi connectivity index (χ2n) is 3.67. The molecule has 0 aliphatic heterocycles. The van der Waals surface area contributed by atoms with E-state index in [9.17, 15) is 4.79 Å². The summed E-state index contributed by atoms with van der Waals surface area (Å²) < 4.78 is 3.09. The number of aryl methyl sites for hydroxylation is 1. The van der Waals surface area contributed by atoms with Crippen molar-refractivity contribution in [1.82, 2.24) is 9.55 Å². The van der Waals surface area contributed by atoms with Crippen molar-refractivity contribution in [1.29, 1.82) is 0 Å². The SMILES string of the molecule is Cc1ncn(Cc2ccccc2Br)c(=O)c1Br. The second-order valence-corrected chi connectivity index (χ2v) is 5.32. The van der Waals surface area contributed by atoms with E-state index in [0.29, 0.717) is 16.7 Å². The second kappa shape index (κ2) is 5.14. The molecule has 0 saturated carbocycles. The Morgan fingerprint density at radius 3 is 2.71 bits per heavy atom. The van der Waals surface area contributed by atoms with Crippen LogP contribution in [0.25, 0.3) is 0 Å². The Morgan fingerprint density at radius 2 is 2.00 bits per heavy atom. The maximum Gasteiger partial charge on any atom is 0.268 e. The Hall–Kier alpha value is -0.940. The summed E-state index contributed by atoms with van der Waals surface area (Å²) in [6.07, 6.45) is 1.57. The lowest BCUT2D eigenvalue weighted by Gasteiger charge is -2.08. The number of rotatable bonds is 2. The molecule has 1 aromatic heterocycles. The van der Waals surface area contributed by atoms with Crippen molar-refractivity contribution < 1.29 is 0 Å². The van der Waals surface area contributed by atoms with Gasteiger partial charge in [-0.3, -0.25) is 9.36 Å². The molecule has 0 amide bonds. The number of halogens is 2. The highest BCUT2D eigenvalue weighted by Gasteiger charge is 2.07. The summed E-state index contributed by atoms with van der Waals surface area (Å²) in [4.78, 5) is 16.1. The van der Waals surface area contributed by atoms with Gasteiger partial charge in [0, 0.05) is 4.47 Å². The van der Waals surface area contributed by atoms with Gasteiger partial charge in [-0.2, -0.15) is 0 Å². The van der Waals surface area contributed by atoms with Crippen molar-refractivity contribution in [2.45, 2.75) is 13.5 Å². The fraction of sp³-hybridized carbons (Fsp3) is 0.167. The molecule has 0 radical (unpaired) electrons. The van der Waals surface area contributed by atoms with Crippen LogP contribution in [-0.4, -0.2) is 9.55 Å². The monoisotopic (exact) mass is 356 g/mol. The summed E-state index contributed by atoms with van der Waals surface area (Å²) in [7, 11) is 0. The van der Waals surface area contributed by atoms with Gasteiger partial charge in [-0.1, -0.05) is 34.1 Å². The van der Waals surface area contributed by atoms with Crippen LogP contribution < -0.4 is 5.56 Å². The van der Waals surface area contributed by atoms with Gasteiger partial charge in [-0.15, -0.1) is 0 Å². The predicted octanol–water partition coefficient (Wildman–Crippen LogP) is 3.13. The van der Waals surface area contributed by atoms with Crippen molar-refractivity contribution in [2.75, 3.05) is 0 Å². The van der Waals surface area contributed by atoms with E-state index in [1.807, 2.05) is 24.3 Å². The highest BCUT2D eigenvalue weighted by atomic mass is 79.9. The van der Waals surface area contributed by atoms with Crippen LogP contribution in [0, 0.1) is 6.92 Å². The van der Waals surface area contributed by atoms with E-state index in [1.165, 1.54) is 0 Å². The molecular formula is C12H10Br2N2O. The molecule has 1 heterocycles. The van der Waals surface area contributed by atoms with Crippen LogP contribution in [0.3, 0.4) is 0 Å². The first-order chi connectivity index (χ1) is 8.09. The first-order valence-electron chi connectivity index (χ1n) is 5.04. The van der Waals surface area contributed by atoms with Crippen LogP contribution in [0.15, 0.2) is 44.3 Å². The summed E-state index contributed by atoms with van der Waals surface area (Å²) in [5.74, 6) is 0. The molecule has 2 rings (SSSR count). The number of nitrogens with zero attached hydrogens (tertiary/aromatic N) is 2. The molecule has 0 aliphatic rings. The standard InChI is InChI=1S/C12H10Br2N2O/c1-8-11(14)12(17)16(7-15-8)6-9-4-2-3-5-10(9)13/h2-5,7H,6H2,1H3. The lowest BCUT2D eigenvalue weighted by molar-refractivity contribution is 0.722. The topological polar surface area (TPSA) is 34.9 Å². The molecule has 0 N–H and O–H groups in total. The van der Waals surface area contributed by atoms with E-state index in [1.54, 1.807) is 17.8 Å². The van der Waals surface area contributed by atoms with E-state index >= 15 is 0 Å². The van der Waals surface area contributed by atoms with Crippen LogP contribution in [0.4, 0.5) is 0 Å². The molecule has 0 bridgehead atoms. The molecule has 88 valence electrons. The Labute approximate surface area is 116 Å². The lowest BCUT2D eigenvalue weighted by atomic mass is 10.2. The minimum atomic E-state index is -0.0618. The Bertz CT molecular complexity index is 608. The van der Waals surface area contributed by atoms with E-state index in [0.717, 1.165) is 10.0 Å². The van der Waals surface area contributed by atoms with Gasteiger partial charge in [0.25, 0.3) is 5.56 Å². The first kappa shape index (κ1) is 12.5. The number of hydrogen-bond donors (Lipinski definition) is 0. The zero-order chi connectivity index (χ0) is 12.4. The summed E-state index contributed by atoms with van der Waals surface area (Å²) in [6, 6.07) is 7.82. The van der Waals surface area contributed by atoms with Gasteiger partial charge in [-0.05, 0) is 34.5 Å².